The van der Waals surface area contributed by atoms with Crippen molar-refractivity contribution in [2.75, 3.05) is 6.54 Å². The summed E-state index contributed by atoms with van der Waals surface area (Å²) in [5.41, 5.74) is 4.98. The van der Waals surface area contributed by atoms with Crippen LogP contribution in [0, 0.1) is 0 Å². The minimum absolute atomic E-state index is 0.122. The highest BCUT2D eigenvalue weighted by atomic mass is 16.5. The first-order valence-corrected chi connectivity index (χ1v) is 14.2. The minimum atomic E-state index is -0.323. The van der Waals surface area contributed by atoms with E-state index in [1.54, 1.807) is 12.1 Å². The van der Waals surface area contributed by atoms with E-state index in [0.29, 0.717) is 24.3 Å². The number of hydrogen-bond acceptors (Lipinski definition) is 4. The molecule has 0 aliphatic rings. The maximum absolute atomic E-state index is 12.6. The number of nitrogens with zero attached hydrogens (tertiary/aromatic N) is 1. The highest BCUT2D eigenvalue weighted by molar-refractivity contribution is 5.89. The van der Waals surface area contributed by atoms with Crippen molar-refractivity contribution in [2.45, 2.75) is 65.3 Å². The lowest BCUT2D eigenvalue weighted by Gasteiger charge is -2.32. The van der Waals surface area contributed by atoms with Crippen LogP contribution in [0.3, 0.4) is 0 Å². The van der Waals surface area contributed by atoms with E-state index in [4.69, 9.17) is 9.47 Å². The van der Waals surface area contributed by atoms with E-state index in [1.807, 2.05) is 48.5 Å². The van der Waals surface area contributed by atoms with E-state index < -0.39 is 0 Å². The summed E-state index contributed by atoms with van der Waals surface area (Å²) in [6.45, 7) is 10.7. The molecule has 0 saturated heterocycles. The molecule has 4 rings (SSSR count). The Hall–Kier alpha value is -3.89. The van der Waals surface area contributed by atoms with E-state index in [2.05, 4.69) is 81.1 Å². The van der Waals surface area contributed by atoms with Crippen molar-refractivity contribution in [1.29, 1.82) is 0 Å². The van der Waals surface area contributed by atoms with E-state index in [1.165, 1.54) is 5.56 Å². The molecular weight excluding hydrogens is 494 g/mol. The van der Waals surface area contributed by atoms with Gasteiger partial charge in [0.1, 0.15) is 19.0 Å². The van der Waals surface area contributed by atoms with Crippen LogP contribution in [0.2, 0.25) is 0 Å². The number of hydrogen-bond donors (Lipinski definition) is 0. The smallest absolute Gasteiger partial charge is 0.338 e. The number of ether oxygens (including phenoxy) is 2. The second kappa shape index (κ2) is 14.5. The number of esters is 1. The molecule has 0 N–H and O–H groups in total. The van der Waals surface area contributed by atoms with E-state index in [-0.39, 0.29) is 18.5 Å². The first-order chi connectivity index (χ1) is 19.4. The summed E-state index contributed by atoms with van der Waals surface area (Å²) < 4.78 is 12.2. The molecular formula is C36H41NO3. The molecule has 0 amide bonds. The molecule has 40 heavy (non-hydrogen) atoms. The van der Waals surface area contributed by atoms with E-state index in [9.17, 15) is 4.79 Å². The average Bonchev–Trinajstić information content (AvgIpc) is 2.98. The number of benzene rings is 4. The van der Waals surface area contributed by atoms with Crippen molar-refractivity contribution >= 4 is 5.97 Å². The molecule has 0 radical (unpaired) electrons. The van der Waals surface area contributed by atoms with Gasteiger partial charge < -0.3 is 9.47 Å². The molecule has 4 nitrogen and oxygen atoms in total. The maximum Gasteiger partial charge on any atom is 0.338 e. The lowest BCUT2D eigenvalue weighted by atomic mass is 9.86. The first-order valence-electron chi connectivity index (χ1n) is 14.2. The summed E-state index contributed by atoms with van der Waals surface area (Å²) in [6, 6.07) is 37.1. The standard InChI is InChI=1S/C36H41NO3/c1-27(2)37(28(3)4)23-22-33(31-16-10-6-11-17-31)34-24-30(26-40-36(38)32-18-12-7-13-19-32)20-21-35(34)39-25-29-14-8-5-9-15-29/h5-21,24,27-28,33H,22-23,25-26H2,1-4H3. The predicted molar refractivity (Wildman–Crippen MR) is 163 cm³/mol. The fourth-order valence-corrected chi connectivity index (χ4v) is 5.21. The Bertz CT molecular complexity index is 1310. The third-order valence-corrected chi connectivity index (χ3v) is 7.27. The van der Waals surface area contributed by atoms with Crippen molar-refractivity contribution in [3.05, 3.63) is 137 Å². The largest absolute Gasteiger partial charge is 0.489 e. The zero-order valence-electron chi connectivity index (χ0n) is 24.1. The fraction of sp³-hybridized carbons (Fsp3) is 0.306. The second-order valence-electron chi connectivity index (χ2n) is 10.8. The topological polar surface area (TPSA) is 38.8 Å². The third kappa shape index (κ3) is 8.06. The summed E-state index contributed by atoms with van der Waals surface area (Å²) in [7, 11) is 0. The van der Waals surface area contributed by atoms with Gasteiger partial charge in [-0.15, -0.1) is 0 Å². The van der Waals surface area contributed by atoms with Crippen molar-refractivity contribution in [3.8, 4) is 5.75 Å². The molecule has 4 aromatic carbocycles. The van der Waals surface area contributed by atoms with Gasteiger partial charge in [-0.25, -0.2) is 4.79 Å². The Morgan fingerprint density at radius 2 is 1.30 bits per heavy atom. The Morgan fingerprint density at radius 1 is 0.700 bits per heavy atom. The average molecular weight is 536 g/mol. The van der Waals surface area contributed by atoms with Crippen LogP contribution in [0.25, 0.3) is 0 Å². The van der Waals surface area contributed by atoms with Crippen molar-refractivity contribution < 1.29 is 14.3 Å². The summed E-state index contributed by atoms with van der Waals surface area (Å²) in [5.74, 6) is 0.656. The SMILES string of the molecule is CC(C)N(CCC(c1ccccc1)c1cc(COC(=O)c2ccccc2)ccc1OCc1ccccc1)C(C)C. The Kier molecular flexibility index (Phi) is 10.5. The molecule has 1 unspecified atom stereocenters. The quantitative estimate of drug-likeness (QED) is 0.162. The van der Waals surface area contributed by atoms with Crippen LogP contribution >= 0.6 is 0 Å². The molecule has 0 heterocycles. The van der Waals surface area contributed by atoms with Crippen molar-refractivity contribution in [2.24, 2.45) is 0 Å². The van der Waals surface area contributed by atoms with Gasteiger partial charge in [0, 0.05) is 23.6 Å². The lowest BCUT2D eigenvalue weighted by Crippen LogP contribution is -2.38. The lowest BCUT2D eigenvalue weighted by molar-refractivity contribution is 0.0472. The highest BCUT2D eigenvalue weighted by Crippen LogP contribution is 2.36. The Morgan fingerprint density at radius 3 is 1.93 bits per heavy atom. The molecule has 208 valence electrons. The van der Waals surface area contributed by atoms with Crippen LogP contribution in [-0.2, 0) is 18.0 Å². The maximum atomic E-state index is 12.6. The Balaban J connectivity index is 1.65. The molecule has 0 spiro atoms. The molecule has 0 bridgehead atoms. The van der Waals surface area contributed by atoms with Crippen molar-refractivity contribution in [3.63, 3.8) is 0 Å². The molecule has 0 aromatic heterocycles. The molecule has 0 saturated carbocycles. The predicted octanol–water partition coefficient (Wildman–Crippen LogP) is 8.26. The van der Waals surface area contributed by atoms with Gasteiger partial charge in [-0.1, -0.05) is 84.9 Å². The number of carbonyl (C=O) groups excluding carboxylic acids is 1. The third-order valence-electron chi connectivity index (χ3n) is 7.27. The summed E-state index contributed by atoms with van der Waals surface area (Å²) in [4.78, 5) is 15.2. The van der Waals surface area contributed by atoms with Crippen LogP contribution in [0.15, 0.2) is 109 Å². The number of rotatable bonds is 13. The van der Waals surface area contributed by atoms with Gasteiger partial charge in [-0.3, -0.25) is 4.90 Å². The van der Waals surface area contributed by atoms with Gasteiger partial charge in [-0.05, 0) is 81.6 Å². The van der Waals surface area contributed by atoms with Crippen LogP contribution < -0.4 is 4.74 Å². The van der Waals surface area contributed by atoms with Crippen LogP contribution in [0.5, 0.6) is 5.75 Å². The molecule has 1 atom stereocenters. The van der Waals surface area contributed by atoms with Gasteiger partial charge >= 0.3 is 5.97 Å². The molecule has 0 fully saturated rings. The highest BCUT2D eigenvalue weighted by Gasteiger charge is 2.23. The van der Waals surface area contributed by atoms with Gasteiger partial charge in [0.25, 0.3) is 0 Å². The zero-order chi connectivity index (χ0) is 28.3. The molecule has 4 aromatic rings. The summed E-state index contributed by atoms with van der Waals surface area (Å²) in [6.07, 6.45) is 0.940. The fourth-order valence-electron chi connectivity index (χ4n) is 5.21. The van der Waals surface area contributed by atoms with E-state index >= 15 is 0 Å². The summed E-state index contributed by atoms with van der Waals surface area (Å²) >= 11 is 0. The first kappa shape index (κ1) is 29.1. The molecule has 4 heteroatoms. The summed E-state index contributed by atoms with van der Waals surface area (Å²) in [5, 5.41) is 0. The van der Waals surface area contributed by atoms with Gasteiger partial charge in [0.05, 0.1) is 5.56 Å². The van der Waals surface area contributed by atoms with Crippen LogP contribution in [-0.4, -0.2) is 29.5 Å². The van der Waals surface area contributed by atoms with Crippen LogP contribution in [0.4, 0.5) is 0 Å². The Labute approximate surface area is 239 Å². The molecule has 0 aliphatic heterocycles. The molecule has 0 aliphatic carbocycles. The number of carbonyl (C=O) groups is 1. The van der Waals surface area contributed by atoms with Gasteiger partial charge in [-0.2, -0.15) is 0 Å². The van der Waals surface area contributed by atoms with Gasteiger partial charge in [0.2, 0.25) is 0 Å². The minimum Gasteiger partial charge on any atom is -0.489 e. The van der Waals surface area contributed by atoms with Crippen molar-refractivity contribution in [1.82, 2.24) is 4.90 Å². The normalized spacial score (nSPS) is 12.1. The van der Waals surface area contributed by atoms with Crippen LogP contribution in [0.1, 0.15) is 72.6 Å². The van der Waals surface area contributed by atoms with Gasteiger partial charge in [0.15, 0.2) is 0 Å². The zero-order valence-corrected chi connectivity index (χ0v) is 24.1. The van der Waals surface area contributed by atoms with E-state index in [0.717, 1.165) is 35.4 Å². The second-order valence-corrected chi connectivity index (χ2v) is 10.8. The monoisotopic (exact) mass is 535 g/mol.